The third-order valence-corrected chi connectivity index (χ3v) is 6.73. The Morgan fingerprint density at radius 1 is 1.10 bits per heavy atom. The highest BCUT2D eigenvalue weighted by atomic mass is 32.2. The number of benzene rings is 2. The van der Waals surface area contributed by atoms with Crippen molar-refractivity contribution in [3.05, 3.63) is 76.2 Å². The predicted octanol–water partition coefficient (Wildman–Crippen LogP) is 4.15. The molecule has 0 aliphatic rings. The normalized spacial score (nSPS) is 11.2. The monoisotopic (exact) mass is 448 g/mol. The summed E-state index contributed by atoms with van der Waals surface area (Å²) in [6.45, 7) is 2.32. The highest BCUT2D eigenvalue weighted by Crippen LogP contribution is 2.26. The van der Waals surface area contributed by atoms with E-state index in [4.69, 9.17) is 4.74 Å². The van der Waals surface area contributed by atoms with Gasteiger partial charge in [-0.1, -0.05) is 17.7 Å². The minimum Gasteiger partial charge on any atom is -0.492 e. The largest absolute Gasteiger partial charge is 0.492 e. The van der Waals surface area contributed by atoms with Gasteiger partial charge in [-0.15, -0.1) is 11.3 Å². The van der Waals surface area contributed by atoms with Crippen LogP contribution in [0.2, 0.25) is 0 Å². The topological polar surface area (TPSA) is 75.7 Å². The number of ether oxygens (including phenoxy) is 1. The summed E-state index contributed by atoms with van der Waals surface area (Å²) in [5, 5.41) is 1.57. The molecule has 0 radical (unpaired) electrons. The van der Waals surface area contributed by atoms with E-state index in [0.717, 1.165) is 16.9 Å². The van der Waals surface area contributed by atoms with Gasteiger partial charge in [0.05, 0.1) is 6.54 Å². The molecular weight excluding hydrogens is 427 g/mol. The fraction of sp³-hybridized carbons (Fsp3) is 0.190. The minimum atomic E-state index is -3.91. The van der Waals surface area contributed by atoms with Crippen molar-refractivity contribution >= 4 is 33.0 Å². The van der Waals surface area contributed by atoms with Crippen molar-refractivity contribution in [2.24, 2.45) is 0 Å². The molecule has 1 aromatic heterocycles. The molecule has 0 unspecified atom stereocenters. The van der Waals surface area contributed by atoms with Gasteiger partial charge in [-0.05, 0) is 54.8 Å². The molecule has 0 spiro atoms. The number of nitrogens with one attached hydrogen (secondary N) is 1. The summed E-state index contributed by atoms with van der Waals surface area (Å²) in [5.74, 6) is -0.295. The second kappa shape index (κ2) is 9.27. The lowest BCUT2D eigenvalue weighted by Gasteiger charge is -2.18. The summed E-state index contributed by atoms with van der Waals surface area (Å²) in [4.78, 5) is 14.2. The van der Waals surface area contributed by atoms with Crippen LogP contribution in [0.4, 0.5) is 10.1 Å². The van der Waals surface area contributed by atoms with Crippen molar-refractivity contribution < 1.29 is 22.3 Å². The average Bonchev–Trinajstić information content (AvgIpc) is 3.21. The van der Waals surface area contributed by atoms with Crippen LogP contribution in [0.15, 0.2) is 64.9 Å². The maximum absolute atomic E-state index is 12.9. The second-order valence-corrected chi connectivity index (χ2v) is 9.18. The Morgan fingerprint density at radius 3 is 2.43 bits per heavy atom. The standard InChI is InChI=1S/C21H21FN2O4S2/c1-15-3-7-17(8-4-15)23-30(26,27)19-11-14-29-20(19)21(25)24(2)12-13-28-18-9-5-16(22)6-10-18/h3-11,14,23H,12-13H2,1-2H3. The Bertz CT molecular complexity index is 1110. The van der Waals surface area contributed by atoms with Crippen LogP contribution in [0, 0.1) is 12.7 Å². The Labute approximate surface area is 179 Å². The van der Waals surface area contributed by atoms with Crippen LogP contribution >= 0.6 is 11.3 Å². The van der Waals surface area contributed by atoms with E-state index in [1.54, 1.807) is 36.7 Å². The van der Waals surface area contributed by atoms with Crippen LogP contribution in [-0.4, -0.2) is 39.4 Å². The van der Waals surface area contributed by atoms with Crippen molar-refractivity contribution in [2.45, 2.75) is 11.8 Å². The van der Waals surface area contributed by atoms with Gasteiger partial charge in [0.15, 0.2) is 0 Å². The van der Waals surface area contributed by atoms with Gasteiger partial charge in [-0.2, -0.15) is 0 Å². The van der Waals surface area contributed by atoms with E-state index in [-0.39, 0.29) is 28.7 Å². The summed E-state index contributed by atoms with van der Waals surface area (Å²) in [7, 11) is -2.34. The molecule has 0 aliphatic heterocycles. The molecule has 158 valence electrons. The van der Waals surface area contributed by atoms with E-state index in [1.807, 2.05) is 6.92 Å². The maximum Gasteiger partial charge on any atom is 0.265 e. The first kappa shape index (κ1) is 21.8. The molecule has 9 heteroatoms. The zero-order valence-corrected chi connectivity index (χ0v) is 18.1. The molecule has 1 heterocycles. The molecule has 0 fully saturated rings. The minimum absolute atomic E-state index is 0.0654. The fourth-order valence-electron chi connectivity index (χ4n) is 2.60. The first-order valence-corrected chi connectivity index (χ1v) is 11.4. The summed E-state index contributed by atoms with van der Waals surface area (Å²) in [6.07, 6.45) is 0. The molecule has 0 saturated heterocycles. The average molecular weight is 449 g/mol. The van der Waals surface area contributed by atoms with Gasteiger partial charge < -0.3 is 9.64 Å². The number of hydrogen-bond acceptors (Lipinski definition) is 5. The van der Waals surface area contributed by atoms with Gasteiger partial charge in [0, 0.05) is 12.7 Å². The first-order valence-electron chi connectivity index (χ1n) is 9.07. The van der Waals surface area contributed by atoms with Crippen LogP contribution in [0.25, 0.3) is 0 Å². The molecule has 2 aromatic carbocycles. The Kier molecular flexibility index (Phi) is 6.73. The molecule has 30 heavy (non-hydrogen) atoms. The van der Waals surface area contributed by atoms with Gasteiger partial charge in [0.25, 0.3) is 15.9 Å². The number of likely N-dealkylation sites (N-methyl/N-ethyl adjacent to an activating group) is 1. The smallest absolute Gasteiger partial charge is 0.265 e. The van der Waals surface area contributed by atoms with Gasteiger partial charge in [-0.25, -0.2) is 12.8 Å². The number of carbonyl (C=O) groups is 1. The van der Waals surface area contributed by atoms with E-state index in [1.165, 1.54) is 35.2 Å². The van der Waals surface area contributed by atoms with E-state index >= 15 is 0 Å². The van der Waals surface area contributed by atoms with Crippen molar-refractivity contribution in [1.82, 2.24) is 4.90 Å². The number of amides is 1. The van der Waals surface area contributed by atoms with Crippen LogP contribution < -0.4 is 9.46 Å². The number of carbonyl (C=O) groups excluding carboxylic acids is 1. The van der Waals surface area contributed by atoms with Crippen molar-refractivity contribution in [3.8, 4) is 5.75 Å². The molecular formula is C21H21FN2O4S2. The molecule has 0 aliphatic carbocycles. The number of rotatable bonds is 8. The predicted molar refractivity (Wildman–Crippen MR) is 115 cm³/mol. The third-order valence-electron chi connectivity index (χ3n) is 4.27. The zero-order chi connectivity index (χ0) is 21.7. The van der Waals surface area contributed by atoms with Gasteiger partial charge in [-0.3, -0.25) is 9.52 Å². The van der Waals surface area contributed by atoms with Crippen molar-refractivity contribution in [2.75, 3.05) is 24.9 Å². The number of nitrogens with zero attached hydrogens (tertiary/aromatic N) is 1. The lowest BCUT2D eigenvalue weighted by molar-refractivity contribution is 0.0775. The highest BCUT2D eigenvalue weighted by Gasteiger charge is 2.26. The lowest BCUT2D eigenvalue weighted by atomic mass is 10.2. The van der Waals surface area contributed by atoms with Crippen LogP contribution in [0.3, 0.4) is 0 Å². The first-order chi connectivity index (χ1) is 14.3. The van der Waals surface area contributed by atoms with Crippen molar-refractivity contribution in [3.63, 3.8) is 0 Å². The maximum atomic E-state index is 12.9. The Morgan fingerprint density at radius 2 is 1.77 bits per heavy atom. The summed E-state index contributed by atoms with van der Waals surface area (Å²) in [6, 6.07) is 13.9. The number of hydrogen-bond donors (Lipinski definition) is 1. The van der Waals surface area contributed by atoms with Crippen LogP contribution in [0.5, 0.6) is 5.75 Å². The van der Waals surface area contributed by atoms with E-state index in [0.29, 0.717) is 11.4 Å². The van der Waals surface area contributed by atoms with Crippen LogP contribution in [-0.2, 0) is 10.0 Å². The SMILES string of the molecule is Cc1ccc(NS(=O)(=O)c2ccsc2C(=O)N(C)CCOc2ccc(F)cc2)cc1. The Hall–Kier alpha value is -2.91. The summed E-state index contributed by atoms with van der Waals surface area (Å²) in [5.41, 5.74) is 1.43. The van der Waals surface area contributed by atoms with Crippen molar-refractivity contribution in [1.29, 1.82) is 0 Å². The van der Waals surface area contributed by atoms with E-state index < -0.39 is 15.9 Å². The molecule has 3 rings (SSSR count). The van der Waals surface area contributed by atoms with Gasteiger partial charge >= 0.3 is 0 Å². The molecule has 6 nitrogen and oxygen atoms in total. The number of anilines is 1. The zero-order valence-electron chi connectivity index (χ0n) is 16.5. The molecule has 1 amide bonds. The quantitative estimate of drug-likeness (QED) is 0.562. The molecule has 1 N–H and O–H groups in total. The lowest BCUT2D eigenvalue weighted by Crippen LogP contribution is -2.31. The molecule has 0 saturated carbocycles. The van der Waals surface area contributed by atoms with Gasteiger partial charge in [0.1, 0.15) is 27.9 Å². The Balaban J connectivity index is 1.65. The van der Waals surface area contributed by atoms with E-state index in [2.05, 4.69) is 4.72 Å². The fourth-order valence-corrected chi connectivity index (χ4v) is 5.08. The number of halogens is 1. The molecule has 3 aromatic rings. The summed E-state index contributed by atoms with van der Waals surface area (Å²) >= 11 is 1.06. The highest BCUT2D eigenvalue weighted by molar-refractivity contribution is 7.93. The van der Waals surface area contributed by atoms with Crippen LogP contribution in [0.1, 0.15) is 15.2 Å². The third kappa shape index (κ3) is 5.37. The molecule has 0 atom stereocenters. The number of sulfonamides is 1. The van der Waals surface area contributed by atoms with Gasteiger partial charge in [0.2, 0.25) is 0 Å². The molecule has 0 bridgehead atoms. The number of thiophene rings is 1. The number of aryl methyl sites for hydroxylation is 1. The van der Waals surface area contributed by atoms with E-state index in [9.17, 15) is 17.6 Å². The second-order valence-electron chi connectivity index (χ2n) is 6.61. The summed E-state index contributed by atoms with van der Waals surface area (Å²) < 4.78 is 46.5.